The summed E-state index contributed by atoms with van der Waals surface area (Å²) in [7, 11) is 3.99. The van der Waals surface area contributed by atoms with Gasteiger partial charge in [-0.25, -0.2) is 4.98 Å². The quantitative estimate of drug-likeness (QED) is 0.376. The first-order chi connectivity index (χ1) is 15.1. The number of benzene rings is 2. The molecule has 10 heteroatoms. The van der Waals surface area contributed by atoms with Gasteiger partial charge in [0.15, 0.2) is 5.82 Å². The van der Waals surface area contributed by atoms with Crippen molar-refractivity contribution in [2.24, 2.45) is 0 Å². The molecule has 8 nitrogen and oxygen atoms in total. The normalized spacial score (nSPS) is 13.3. The number of halogens is 2. The first-order valence-corrected chi connectivity index (χ1v) is 10.5. The standard InChI is InChI=1S/C23H25N7O.2ClH/c1-29(2)13-21-24-23(28-26-21)16-9-10-20-19(12-16)22(27-25-20)15-5-3-8-18(11-15)30(14-31)17-6-4-7-17;;/h3,5,8-12,14,17H,4,6-7,13H2,1-2H3,(H,25,27)(H,24,26,28);2*1H. The lowest BCUT2D eigenvalue weighted by Crippen LogP contribution is -2.39. The molecule has 0 spiro atoms. The van der Waals surface area contributed by atoms with Crippen molar-refractivity contribution in [3.8, 4) is 22.6 Å². The van der Waals surface area contributed by atoms with Crippen molar-refractivity contribution < 1.29 is 4.79 Å². The van der Waals surface area contributed by atoms with Crippen LogP contribution < -0.4 is 4.90 Å². The lowest BCUT2D eigenvalue weighted by Gasteiger charge is -2.34. The maximum atomic E-state index is 11.7. The van der Waals surface area contributed by atoms with Gasteiger partial charge in [-0.05, 0) is 63.7 Å². The number of nitrogens with one attached hydrogen (secondary N) is 2. The minimum Gasteiger partial charge on any atom is -0.312 e. The fourth-order valence-corrected chi connectivity index (χ4v) is 4.00. The third kappa shape index (κ3) is 4.88. The molecule has 2 aromatic heterocycles. The van der Waals surface area contributed by atoms with Gasteiger partial charge < -0.3 is 9.80 Å². The number of H-pyrrole nitrogens is 2. The fourth-order valence-electron chi connectivity index (χ4n) is 4.00. The number of hydrogen-bond donors (Lipinski definition) is 2. The zero-order valence-electron chi connectivity index (χ0n) is 18.5. The first-order valence-electron chi connectivity index (χ1n) is 10.5. The van der Waals surface area contributed by atoms with E-state index in [4.69, 9.17) is 0 Å². The Morgan fingerprint density at radius 2 is 1.85 bits per heavy atom. The summed E-state index contributed by atoms with van der Waals surface area (Å²) in [5, 5.41) is 16.1. The van der Waals surface area contributed by atoms with Crippen molar-refractivity contribution in [1.29, 1.82) is 0 Å². The highest BCUT2D eigenvalue weighted by Gasteiger charge is 2.25. The molecule has 2 heterocycles. The van der Waals surface area contributed by atoms with Crippen LogP contribution in [0.4, 0.5) is 5.69 Å². The monoisotopic (exact) mass is 487 g/mol. The maximum Gasteiger partial charge on any atom is 0.214 e. The molecule has 0 saturated heterocycles. The Bertz CT molecular complexity index is 1230. The summed E-state index contributed by atoms with van der Waals surface area (Å²) in [5.41, 5.74) is 4.60. The van der Waals surface area contributed by atoms with Crippen LogP contribution in [-0.4, -0.2) is 56.8 Å². The zero-order valence-corrected chi connectivity index (χ0v) is 20.1. The molecule has 2 N–H and O–H groups in total. The molecular weight excluding hydrogens is 461 g/mol. The predicted molar refractivity (Wildman–Crippen MR) is 135 cm³/mol. The minimum absolute atomic E-state index is 0. The van der Waals surface area contributed by atoms with Gasteiger partial charge in [-0.3, -0.25) is 15.0 Å². The second-order valence-electron chi connectivity index (χ2n) is 8.32. The first kappa shape index (κ1) is 24.7. The average molecular weight is 488 g/mol. The number of aromatic amines is 2. The number of carbonyl (C=O) groups excluding carboxylic acids is 1. The Hall–Kier alpha value is -2.94. The predicted octanol–water partition coefficient (Wildman–Crippen LogP) is 4.44. The lowest BCUT2D eigenvalue weighted by molar-refractivity contribution is -0.108. The molecule has 4 aromatic rings. The van der Waals surface area contributed by atoms with Crippen LogP contribution in [-0.2, 0) is 11.3 Å². The van der Waals surface area contributed by atoms with Gasteiger partial charge in [-0.1, -0.05) is 12.1 Å². The topological polar surface area (TPSA) is 93.8 Å². The van der Waals surface area contributed by atoms with Crippen LogP contribution >= 0.6 is 24.8 Å². The van der Waals surface area contributed by atoms with Gasteiger partial charge in [0, 0.05) is 28.2 Å². The summed E-state index contributed by atoms with van der Waals surface area (Å²) in [4.78, 5) is 20.2. The molecule has 174 valence electrons. The summed E-state index contributed by atoms with van der Waals surface area (Å²) in [5.74, 6) is 1.49. The summed E-state index contributed by atoms with van der Waals surface area (Å²) < 4.78 is 0. The maximum absolute atomic E-state index is 11.7. The van der Waals surface area contributed by atoms with E-state index in [0.29, 0.717) is 18.4 Å². The second kappa shape index (κ2) is 10.3. The highest BCUT2D eigenvalue weighted by atomic mass is 35.5. The zero-order chi connectivity index (χ0) is 21.4. The summed E-state index contributed by atoms with van der Waals surface area (Å²) >= 11 is 0. The molecule has 1 amide bonds. The van der Waals surface area contributed by atoms with Crippen LogP contribution in [0.1, 0.15) is 25.1 Å². The van der Waals surface area contributed by atoms with E-state index >= 15 is 0 Å². The highest BCUT2D eigenvalue weighted by Crippen LogP contribution is 2.33. The summed E-state index contributed by atoms with van der Waals surface area (Å²) in [6, 6.07) is 14.4. The van der Waals surface area contributed by atoms with Crippen molar-refractivity contribution in [1.82, 2.24) is 30.3 Å². The summed E-state index contributed by atoms with van der Waals surface area (Å²) in [6.07, 6.45) is 4.24. The smallest absolute Gasteiger partial charge is 0.214 e. The molecular formula is C23H27Cl2N7O. The minimum atomic E-state index is 0. The lowest BCUT2D eigenvalue weighted by atomic mass is 9.91. The molecule has 33 heavy (non-hydrogen) atoms. The number of fused-ring (bicyclic) bond motifs is 1. The van der Waals surface area contributed by atoms with Crippen molar-refractivity contribution in [3.63, 3.8) is 0 Å². The number of rotatable bonds is 7. The van der Waals surface area contributed by atoms with Crippen LogP contribution in [0.2, 0.25) is 0 Å². The molecule has 0 aliphatic heterocycles. The van der Waals surface area contributed by atoms with E-state index in [9.17, 15) is 4.79 Å². The van der Waals surface area contributed by atoms with E-state index in [2.05, 4.69) is 31.4 Å². The van der Waals surface area contributed by atoms with Gasteiger partial charge in [0.05, 0.1) is 17.8 Å². The third-order valence-electron chi connectivity index (χ3n) is 5.82. The van der Waals surface area contributed by atoms with Gasteiger partial charge in [0.25, 0.3) is 0 Å². The Morgan fingerprint density at radius 3 is 2.55 bits per heavy atom. The molecule has 2 aromatic carbocycles. The molecule has 1 aliphatic carbocycles. The number of carbonyl (C=O) groups is 1. The van der Waals surface area contributed by atoms with E-state index in [1.165, 1.54) is 6.42 Å². The van der Waals surface area contributed by atoms with E-state index in [1.54, 1.807) is 0 Å². The van der Waals surface area contributed by atoms with Crippen LogP contribution in [0.5, 0.6) is 0 Å². The van der Waals surface area contributed by atoms with Gasteiger partial charge in [0.1, 0.15) is 5.82 Å². The van der Waals surface area contributed by atoms with E-state index < -0.39 is 0 Å². The van der Waals surface area contributed by atoms with Gasteiger partial charge in [-0.15, -0.1) is 24.8 Å². The Kier molecular flexibility index (Phi) is 7.73. The largest absolute Gasteiger partial charge is 0.312 e. The highest BCUT2D eigenvalue weighted by molar-refractivity contribution is 5.96. The molecule has 0 atom stereocenters. The van der Waals surface area contributed by atoms with Crippen LogP contribution in [0, 0.1) is 0 Å². The van der Waals surface area contributed by atoms with E-state index in [-0.39, 0.29) is 24.8 Å². The summed E-state index contributed by atoms with van der Waals surface area (Å²) in [6.45, 7) is 0.702. The second-order valence-corrected chi connectivity index (χ2v) is 8.32. The molecule has 0 unspecified atom stereocenters. The number of nitrogens with zero attached hydrogens (tertiary/aromatic N) is 5. The number of hydrogen-bond acceptors (Lipinski definition) is 5. The average Bonchev–Trinajstić information content (AvgIpc) is 3.36. The van der Waals surface area contributed by atoms with Crippen LogP contribution in [0.3, 0.4) is 0 Å². The van der Waals surface area contributed by atoms with Gasteiger partial charge >= 0.3 is 0 Å². The SMILES string of the molecule is CN(C)Cc1nc(-c2ccc3[nH]nc(-c4cccc(N(C=O)C5CCC5)c4)c3c2)n[nH]1.Cl.Cl. The van der Waals surface area contributed by atoms with Gasteiger partial charge in [-0.2, -0.15) is 10.2 Å². The third-order valence-corrected chi connectivity index (χ3v) is 5.82. The Morgan fingerprint density at radius 1 is 1.03 bits per heavy atom. The number of amides is 1. The molecule has 1 fully saturated rings. The molecule has 0 bridgehead atoms. The molecule has 1 saturated carbocycles. The van der Waals surface area contributed by atoms with E-state index in [1.807, 2.05) is 60.3 Å². The van der Waals surface area contributed by atoms with Crippen LogP contribution in [0.25, 0.3) is 33.5 Å². The number of aromatic nitrogens is 5. The van der Waals surface area contributed by atoms with E-state index in [0.717, 1.165) is 58.5 Å². The molecule has 5 rings (SSSR count). The molecule has 0 radical (unpaired) electrons. The van der Waals surface area contributed by atoms with Crippen LogP contribution in [0.15, 0.2) is 42.5 Å². The Labute approximate surface area is 204 Å². The Balaban J connectivity index is 0.00000153. The molecule has 1 aliphatic rings. The van der Waals surface area contributed by atoms with Crippen molar-refractivity contribution in [2.45, 2.75) is 31.8 Å². The number of anilines is 1. The van der Waals surface area contributed by atoms with Crippen molar-refractivity contribution in [3.05, 3.63) is 48.3 Å². The van der Waals surface area contributed by atoms with Crippen molar-refractivity contribution >= 4 is 47.8 Å². The van der Waals surface area contributed by atoms with Crippen molar-refractivity contribution in [2.75, 3.05) is 19.0 Å². The van der Waals surface area contributed by atoms with Gasteiger partial charge in [0.2, 0.25) is 6.41 Å². The fraction of sp³-hybridized carbons (Fsp3) is 0.304.